The molecule has 1 aromatic rings. The lowest BCUT2D eigenvalue weighted by molar-refractivity contribution is -0.137. The Balaban J connectivity index is 1.76. The van der Waals surface area contributed by atoms with Gasteiger partial charge in [0.15, 0.2) is 0 Å². The largest absolute Gasteiger partial charge is 0.481 e. The normalized spacial score (nSPS) is 21.0. The first-order valence-corrected chi connectivity index (χ1v) is 6.77. The molecule has 2 fully saturated rings. The number of benzene rings is 1. The maximum absolute atomic E-state index is 10.9. The average Bonchev–Trinajstić information content (AvgIpc) is 2.93. The third-order valence-electron chi connectivity index (χ3n) is 4.29. The third kappa shape index (κ3) is 2.09. The van der Waals surface area contributed by atoms with E-state index in [1.54, 1.807) is 0 Å². The van der Waals surface area contributed by atoms with Crippen molar-refractivity contribution < 1.29 is 9.90 Å². The van der Waals surface area contributed by atoms with Crippen LogP contribution >= 0.6 is 0 Å². The lowest BCUT2D eigenvalue weighted by Gasteiger charge is -2.19. The van der Waals surface area contributed by atoms with E-state index in [9.17, 15) is 4.79 Å². The van der Waals surface area contributed by atoms with Crippen LogP contribution < -0.4 is 4.90 Å². The highest BCUT2D eigenvalue weighted by Gasteiger charge is 2.45. The van der Waals surface area contributed by atoms with Crippen molar-refractivity contribution in [1.82, 2.24) is 0 Å². The number of rotatable bonds is 4. The molecule has 1 aromatic carbocycles. The van der Waals surface area contributed by atoms with Crippen molar-refractivity contribution in [3.63, 3.8) is 0 Å². The minimum atomic E-state index is -0.684. The molecule has 1 aliphatic heterocycles. The van der Waals surface area contributed by atoms with Crippen LogP contribution in [-0.4, -0.2) is 24.2 Å². The van der Waals surface area contributed by atoms with Gasteiger partial charge in [-0.15, -0.1) is 0 Å². The Kier molecular flexibility index (Phi) is 2.77. The van der Waals surface area contributed by atoms with Gasteiger partial charge in [0.05, 0.1) is 6.42 Å². The van der Waals surface area contributed by atoms with Gasteiger partial charge in [0.25, 0.3) is 0 Å². The van der Waals surface area contributed by atoms with Crippen molar-refractivity contribution in [3.05, 3.63) is 29.8 Å². The lowest BCUT2D eigenvalue weighted by atomic mass is 9.92. The Bertz CT molecular complexity index is 442. The molecule has 0 amide bonds. The summed E-state index contributed by atoms with van der Waals surface area (Å²) in [5.41, 5.74) is 2.42. The Labute approximate surface area is 107 Å². The number of hydrogen-bond acceptors (Lipinski definition) is 2. The first kappa shape index (κ1) is 11.6. The SMILES string of the molecule is O=C(O)CC1(c2ccc(N3CCCC3)cc2)CC1. The molecule has 1 N–H and O–H groups in total. The van der Waals surface area contributed by atoms with E-state index in [-0.39, 0.29) is 11.8 Å². The number of anilines is 1. The van der Waals surface area contributed by atoms with Crippen LogP contribution in [0, 0.1) is 0 Å². The van der Waals surface area contributed by atoms with Crippen molar-refractivity contribution in [1.29, 1.82) is 0 Å². The highest BCUT2D eigenvalue weighted by Crippen LogP contribution is 2.51. The molecule has 1 saturated heterocycles. The second-order valence-corrected chi connectivity index (χ2v) is 5.59. The molecule has 0 aromatic heterocycles. The summed E-state index contributed by atoms with van der Waals surface area (Å²) in [6.07, 6.45) is 4.87. The predicted octanol–water partition coefficient (Wildman–Crippen LogP) is 2.79. The zero-order valence-corrected chi connectivity index (χ0v) is 10.6. The van der Waals surface area contributed by atoms with Crippen LogP contribution in [0.3, 0.4) is 0 Å². The molecule has 96 valence electrons. The van der Waals surface area contributed by atoms with E-state index in [0.717, 1.165) is 25.9 Å². The fourth-order valence-corrected chi connectivity index (χ4v) is 3.01. The van der Waals surface area contributed by atoms with E-state index in [1.807, 2.05) is 0 Å². The fourth-order valence-electron chi connectivity index (χ4n) is 3.01. The molecular weight excluding hydrogens is 226 g/mol. The van der Waals surface area contributed by atoms with E-state index in [1.165, 1.54) is 24.1 Å². The van der Waals surface area contributed by atoms with Crippen molar-refractivity contribution >= 4 is 11.7 Å². The summed E-state index contributed by atoms with van der Waals surface area (Å²) in [4.78, 5) is 13.3. The van der Waals surface area contributed by atoms with Gasteiger partial charge in [0, 0.05) is 24.2 Å². The van der Waals surface area contributed by atoms with E-state index in [0.29, 0.717) is 0 Å². The summed E-state index contributed by atoms with van der Waals surface area (Å²) < 4.78 is 0. The van der Waals surface area contributed by atoms with E-state index >= 15 is 0 Å². The molecule has 0 atom stereocenters. The molecule has 2 aliphatic rings. The van der Waals surface area contributed by atoms with Gasteiger partial charge in [0.2, 0.25) is 0 Å². The van der Waals surface area contributed by atoms with E-state index < -0.39 is 5.97 Å². The minimum Gasteiger partial charge on any atom is -0.481 e. The van der Waals surface area contributed by atoms with Crippen LogP contribution in [0.25, 0.3) is 0 Å². The second kappa shape index (κ2) is 4.30. The van der Waals surface area contributed by atoms with Crippen molar-refractivity contribution in [2.75, 3.05) is 18.0 Å². The number of hydrogen-bond donors (Lipinski definition) is 1. The first-order chi connectivity index (χ1) is 8.70. The Morgan fingerprint density at radius 3 is 2.28 bits per heavy atom. The maximum Gasteiger partial charge on any atom is 0.304 e. The van der Waals surface area contributed by atoms with E-state index in [4.69, 9.17) is 5.11 Å². The van der Waals surface area contributed by atoms with Gasteiger partial charge >= 0.3 is 5.97 Å². The Morgan fingerprint density at radius 1 is 1.17 bits per heavy atom. The summed E-state index contributed by atoms with van der Waals surface area (Å²) >= 11 is 0. The number of carbonyl (C=O) groups is 1. The summed E-state index contributed by atoms with van der Waals surface area (Å²) in [6.45, 7) is 2.30. The molecule has 0 radical (unpaired) electrons. The van der Waals surface area contributed by atoms with Gasteiger partial charge < -0.3 is 10.0 Å². The molecule has 0 bridgehead atoms. The topological polar surface area (TPSA) is 40.5 Å². The van der Waals surface area contributed by atoms with Crippen LogP contribution in [0.5, 0.6) is 0 Å². The smallest absolute Gasteiger partial charge is 0.304 e. The minimum absolute atomic E-state index is 0.0601. The zero-order valence-electron chi connectivity index (χ0n) is 10.6. The second-order valence-electron chi connectivity index (χ2n) is 5.59. The standard InChI is InChI=1S/C15H19NO2/c17-14(18)11-15(7-8-15)12-3-5-13(6-4-12)16-9-1-2-10-16/h3-6H,1-2,7-11H2,(H,17,18). The average molecular weight is 245 g/mol. The fraction of sp³-hybridized carbons (Fsp3) is 0.533. The molecule has 0 spiro atoms. The quantitative estimate of drug-likeness (QED) is 0.886. The predicted molar refractivity (Wildman–Crippen MR) is 71.1 cm³/mol. The van der Waals surface area contributed by atoms with Crippen LogP contribution in [0.1, 0.15) is 37.7 Å². The van der Waals surface area contributed by atoms with Gasteiger partial charge in [-0.1, -0.05) is 12.1 Å². The highest BCUT2D eigenvalue weighted by atomic mass is 16.4. The number of nitrogens with zero attached hydrogens (tertiary/aromatic N) is 1. The summed E-state index contributed by atoms with van der Waals surface area (Å²) in [5.74, 6) is -0.684. The van der Waals surface area contributed by atoms with Crippen molar-refractivity contribution in [2.24, 2.45) is 0 Å². The van der Waals surface area contributed by atoms with Crippen LogP contribution in [0.2, 0.25) is 0 Å². The molecule has 1 heterocycles. The van der Waals surface area contributed by atoms with Crippen molar-refractivity contribution in [2.45, 2.75) is 37.5 Å². The van der Waals surface area contributed by atoms with Gasteiger partial charge in [-0.05, 0) is 43.4 Å². The number of aliphatic carboxylic acids is 1. The molecule has 1 saturated carbocycles. The van der Waals surface area contributed by atoms with Gasteiger partial charge in [-0.25, -0.2) is 0 Å². The molecular formula is C15H19NO2. The van der Waals surface area contributed by atoms with Gasteiger partial charge in [-0.3, -0.25) is 4.79 Å². The highest BCUT2D eigenvalue weighted by molar-refractivity contribution is 5.70. The van der Waals surface area contributed by atoms with E-state index in [2.05, 4.69) is 29.2 Å². The van der Waals surface area contributed by atoms with Crippen LogP contribution in [0.4, 0.5) is 5.69 Å². The summed E-state index contributed by atoms with van der Waals surface area (Å²) in [7, 11) is 0. The number of carboxylic acids is 1. The van der Waals surface area contributed by atoms with Crippen molar-refractivity contribution in [3.8, 4) is 0 Å². The molecule has 3 rings (SSSR count). The maximum atomic E-state index is 10.9. The first-order valence-electron chi connectivity index (χ1n) is 6.77. The van der Waals surface area contributed by atoms with Gasteiger partial charge in [0.1, 0.15) is 0 Å². The van der Waals surface area contributed by atoms with Crippen LogP contribution in [-0.2, 0) is 10.2 Å². The summed E-state index contributed by atoms with van der Waals surface area (Å²) in [6, 6.07) is 8.57. The molecule has 0 unspecified atom stereocenters. The molecule has 3 nitrogen and oxygen atoms in total. The Hall–Kier alpha value is -1.51. The molecule has 18 heavy (non-hydrogen) atoms. The third-order valence-corrected chi connectivity index (χ3v) is 4.29. The van der Waals surface area contributed by atoms with Crippen LogP contribution in [0.15, 0.2) is 24.3 Å². The Morgan fingerprint density at radius 2 is 1.78 bits per heavy atom. The lowest BCUT2D eigenvalue weighted by Crippen LogP contribution is -2.18. The van der Waals surface area contributed by atoms with Gasteiger partial charge in [-0.2, -0.15) is 0 Å². The summed E-state index contributed by atoms with van der Waals surface area (Å²) in [5, 5.41) is 8.97. The molecule has 3 heteroatoms. The monoisotopic (exact) mass is 245 g/mol. The zero-order chi connectivity index (χ0) is 12.6. The molecule has 1 aliphatic carbocycles. The number of carboxylic acid groups (broad SMARTS) is 1.